The fourth-order valence-electron chi connectivity index (χ4n) is 1.76. The zero-order valence-corrected chi connectivity index (χ0v) is 22.8. The van der Waals surface area contributed by atoms with E-state index in [1.165, 1.54) is 0 Å². The molecule has 0 aromatic heterocycles. The highest BCUT2D eigenvalue weighted by molar-refractivity contribution is 7.98. The van der Waals surface area contributed by atoms with Crippen LogP contribution in [-0.4, -0.2) is 80.5 Å². The average Bonchev–Trinajstić information content (AvgIpc) is 2.76. The summed E-state index contributed by atoms with van der Waals surface area (Å²) in [6, 6.07) is -2.78. The van der Waals surface area contributed by atoms with E-state index in [9.17, 15) is 19.2 Å². The zero-order chi connectivity index (χ0) is 28.9. The van der Waals surface area contributed by atoms with Gasteiger partial charge in [0.1, 0.15) is 24.2 Å². The van der Waals surface area contributed by atoms with E-state index in [0.717, 1.165) is 12.2 Å². The first-order valence-corrected chi connectivity index (χ1v) is 12.7. The Kier molecular flexibility index (Phi) is 27.4. The highest BCUT2D eigenvalue weighted by Crippen LogP contribution is 2.04. The summed E-state index contributed by atoms with van der Waals surface area (Å²) in [5, 5.41) is 33.2. The van der Waals surface area contributed by atoms with E-state index in [-0.39, 0.29) is 11.8 Å². The molecule has 12 nitrogen and oxygen atoms in total. The number of hydrogen-bond donors (Lipinski definition) is 8. The van der Waals surface area contributed by atoms with Crippen molar-refractivity contribution in [2.24, 2.45) is 40.7 Å². The molecule has 0 aliphatic carbocycles. The van der Waals surface area contributed by atoms with Crippen LogP contribution in [0, 0.1) is 17.8 Å². The topological polar surface area (TPSA) is 253 Å². The second kappa shape index (κ2) is 23.8. The fraction of sp³-hybridized carbons (Fsp3) is 0.818. The number of hydrogen-bond acceptors (Lipinski definition) is 9. The minimum atomic E-state index is -0.931. The summed E-state index contributed by atoms with van der Waals surface area (Å²) in [6.07, 6.45) is 3.84. The normalized spacial score (nSPS) is 14.4. The molecule has 0 aromatic rings. The predicted octanol–water partition coefficient (Wildman–Crippen LogP) is 1.09. The highest BCUT2D eigenvalue weighted by atomic mass is 32.2. The zero-order valence-electron chi connectivity index (χ0n) is 22.0. The van der Waals surface area contributed by atoms with Crippen molar-refractivity contribution in [1.82, 2.24) is 0 Å². The first-order valence-electron chi connectivity index (χ1n) is 11.3. The molecule has 5 atom stereocenters. The fourth-order valence-corrected chi connectivity index (χ4v) is 2.25. The average molecular weight is 529 g/mol. The van der Waals surface area contributed by atoms with Crippen molar-refractivity contribution >= 4 is 35.6 Å². The first-order chi connectivity index (χ1) is 15.9. The lowest BCUT2D eigenvalue weighted by atomic mass is 10.0. The largest absolute Gasteiger partial charge is 0.480 e. The van der Waals surface area contributed by atoms with Crippen molar-refractivity contribution < 1.29 is 39.6 Å². The summed E-state index contributed by atoms with van der Waals surface area (Å²) in [5.74, 6) is -2.41. The number of aliphatic carboxylic acids is 4. The van der Waals surface area contributed by atoms with Crippen LogP contribution in [-0.2, 0) is 19.2 Å². The number of carboxylic acids is 4. The minimum absolute atomic E-state index is 0.0208. The van der Waals surface area contributed by atoms with E-state index >= 15 is 0 Å². The minimum Gasteiger partial charge on any atom is -0.480 e. The third-order valence-corrected chi connectivity index (χ3v) is 5.18. The van der Waals surface area contributed by atoms with Crippen LogP contribution in [0.15, 0.2) is 0 Å². The van der Waals surface area contributed by atoms with Gasteiger partial charge in [0.25, 0.3) is 0 Å². The molecule has 0 aliphatic heterocycles. The van der Waals surface area contributed by atoms with Crippen LogP contribution < -0.4 is 22.9 Å². The van der Waals surface area contributed by atoms with Gasteiger partial charge in [0.05, 0.1) is 0 Å². The molecule has 0 saturated carbocycles. The van der Waals surface area contributed by atoms with Gasteiger partial charge in [0.2, 0.25) is 0 Å². The molecule has 0 unspecified atom stereocenters. The molecule has 0 amide bonds. The van der Waals surface area contributed by atoms with Gasteiger partial charge < -0.3 is 43.4 Å². The molecular weight excluding hydrogens is 480 g/mol. The van der Waals surface area contributed by atoms with E-state index in [2.05, 4.69) is 0 Å². The van der Waals surface area contributed by atoms with E-state index in [1.807, 2.05) is 34.0 Å². The van der Waals surface area contributed by atoms with Gasteiger partial charge in [0, 0.05) is 0 Å². The number of nitrogens with two attached hydrogens (primary N) is 4. The summed E-state index contributed by atoms with van der Waals surface area (Å²) in [7, 11) is 0. The first kappa shape index (κ1) is 40.2. The third kappa shape index (κ3) is 28.2. The van der Waals surface area contributed by atoms with Gasteiger partial charge in [-0.25, -0.2) is 0 Å². The van der Waals surface area contributed by atoms with E-state index < -0.39 is 48.0 Å². The van der Waals surface area contributed by atoms with Gasteiger partial charge in [0.15, 0.2) is 0 Å². The van der Waals surface area contributed by atoms with Crippen LogP contribution in [0.25, 0.3) is 0 Å². The Morgan fingerprint density at radius 1 is 0.714 bits per heavy atom. The summed E-state index contributed by atoms with van der Waals surface area (Å²) in [5.41, 5.74) is 20.8. The molecule has 0 fully saturated rings. The Bertz CT molecular complexity index is 594. The molecule has 0 radical (unpaired) electrons. The van der Waals surface area contributed by atoms with E-state index in [4.69, 9.17) is 43.4 Å². The summed E-state index contributed by atoms with van der Waals surface area (Å²) in [6.45, 7) is 11.2. The summed E-state index contributed by atoms with van der Waals surface area (Å²) in [4.78, 5) is 40.4. The third-order valence-electron chi connectivity index (χ3n) is 4.54. The van der Waals surface area contributed by atoms with Crippen molar-refractivity contribution in [1.29, 1.82) is 0 Å². The number of thioether (sulfide) groups is 1. The van der Waals surface area contributed by atoms with Gasteiger partial charge in [-0.3, -0.25) is 19.2 Å². The quantitative estimate of drug-likeness (QED) is 0.177. The number of carbonyl (C=O) groups is 4. The SMILES string of the molecule is CC(C)C[C@H](N)C(=O)O.CC(C)[C@H](N)C(=O)O.CC[C@H](C)[C@H](N)C(=O)O.CSCC[C@H](N)C(=O)O. The monoisotopic (exact) mass is 528 g/mol. The van der Waals surface area contributed by atoms with Crippen molar-refractivity contribution in [3.63, 3.8) is 0 Å². The molecule has 210 valence electrons. The summed E-state index contributed by atoms with van der Waals surface area (Å²) >= 11 is 1.60. The maximum atomic E-state index is 10.2. The van der Waals surface area contributed by atoms with Crippen molar-refractivity contribution in [3.05, 3.63) is 0 Å². The Morgan fingerprint density at radius 2 is 1.11 bits per heavy atom. The lowest BCUT2D eigenvalue weighted by Gasteiger charge is -2.11. The molecule has 0 spiro atoms. The lowest BCUT2D eigenvalue weighted by molar-refractivity contribution is -0.140. The standard InChI is InChI=1S/2C6H13NO2.C5H11NO2S.C5H11NO2/c1-4(2)3-5(7)6(8)9;1-3-4(2)5(7)6(8)9;1-9-3-2-4(6)5(7)8;1-3(2)4(6)5(7)8/h2*4-5H,3,7H2,1-2H3,(H,8,9);4H,2-3,6H2,1H3,(H,7,8);3-4H,6H2,1-2H3,(H,7,8)/t5-;4-,5-;2*4-/m0000/s1. The van der Waals surface area contributed by atoms with Gasteiger partial charge in [-0.15, -0.1) is 0 Å². The Hall–Kier alpha value is -1.93. The molecular formula is C22H48N4O8S. The molecule has 0 rings (SSSR count). The molecule has 0 aromatic carbocycles. The smallest absolute Gasteiger partial charge is 0.320 e. The van der Waals surface area contributed by atoms with Crippen molar-refractivity contribution in [2.75, 3.05) is 12.0 Å². The van der Waals surface area contributed by atoms with Crippen LogP contribution in [0.3, 0.4) is 0 Å². The lowest BCUT2D eigenvalue weighted by Crippen LogP contribution is -2.36. The maximum Gasteiger partial charge on any atom is 0.320 e. The Labute approximate surface area is 213 Å². The predicted molar refractivity (Wildman–Crippen MR) is 139 cm³/mol. The van der Waals surface area contributed by atoms with Gasteiger partial charge in [-0.2, -0.15) is 11.8 Å². The maximum absolute atomic E-state index is 10.2. The molecule has 12 N–H and O–H groups in total. The molecule has 35 heavy (non-hydrogen) atoms. The Balaban J connectivity index is -0.000000183. The van der Waals surface area contributed by atoms with Crippen molar-refractivity contribution in [3.8, 4) is 0 Å². The second-order valence-corrected chi connectivity index (χ2v) is 9.64. The van der Waals surface area contributed by atoms with Crippen LogP contribution in [0.1, 0.15) is 60.8 Å². The molecule has 0 aliphatic rings. The number of carboxylic acid groups (broad SMARTS) is 4. The van der Waals surface area contributed by atoms with Gasteiger partial charge >= 0.3 is 23.9 Å². The molecule has 0 bridgehead atoms. The van der Waals surface area contributed by atoms with E-state index in [0.29, 0.717) is 18.8 Å². The van der Waals surface area contributed by atoms with Crippen LogP contribution >= 0.6 is 11.8 Å². The van der Waals surface area contributed by atoms with E-state index in [1.54, 1.807) is 25.6 Å². The Morgan fingerprint density at radius 3 is 1.26 bits per heavy atom. The summed E-state index contributed by atoms with van der Waals surface area (Å²) < 4.78 is 0. The van der Waals surface area contributed by atoms with Gasteiger partial charge in [-0.05, 0) is 42.6 Å². The second-order valence-electron chi connectivity index (χ2n) is 8.66. The molecule has 0 saturated heterocycles. The van der Waals surface area contributed by atoms with Crippen molar-refractivity contribution in [2.45, 2.75) is 85.0 Å². The molecule has 0 heterocycles. The highest BCUT2D eigenvalue weighted by Gasteiger charge is 2.17. The molecule has 13 heteroatoms. The number of rotatable bonds is 12. The van der Waals surface area contributed by atoms with Crippen LogP contribution in [0.2, 0.25) is 0 Å². The van der Waals surface area contributed by atoms with Crippen LogP contribution in [0.4, 0.5) is 0 Å². The van der Waals surface area contributed by atoms with Gasteiger partial charge in [-0.1, -0.05) is 48.0 Å². The van der Waals surface area contributed by atoms with Crippen LogP contribution in [0.5, 0.6) is 0 Å².